The van der Waals surface area contributed by atoms with E-state index in [4.69, 9.17) is 0 Å². The number of carbonyl (C=O) groups is 3. The number of benzene rings is 1. The summed E-state index contributed by atoms with van der Waals surface area (Å²) in [6, 6.07) is 5.66. The molecule has 2 N–H and O–H groups in total. The number of carbonyl (C=O) groups excluding carboxylic acids is 2. The Bertz CT molecular complexity index is 797. The van der Waals surface area contributed by atoms with E-state index in [-0.39, 0.29) is 17.7 Å². The molecule has 2 aliphatic carbocycles. The zero-order chi connectivity index (χ0) is 18.6. The molecule has 2 fully saturated rings. The van der Waals surface area contributed by atoms with Gasteiger partial charge in [0, 0.05) is 23.8 Å². The highest BCUT2D eigenvalue weighted by Gasteiger charge is 2.65. The first-order valence-electron chi connectivity index (χ1n) is 9.28. The summed E-state index contributed by atoms with van der Waals surface area (Å²) in [5.41, 5.74) is 2.10. The van der Waals surface area contributed by atoms with Crippen molar-refractivity contribution in [2.75, 3.05) is 16.8 Å². The molecular formula is C20H24N2O4. The van der Waals surface area contributed by atoms with Gasteiger partial charge < -0.3 is 15.3 Å². The van der Waals surface area contributed by atoms with Crippen LogP contribution in [0.25, 0.3) is 0 Å². The summed E-state index contributed by atoms with van der Waals surface area (Å²) in [7, 11) is 0. The van der Waals surface area contributed by atoms with Gasteiger partial charge in [0.1, 0.15) is 0 Å². The number of fused-ring (bicyclic) bond motifs is 1. The van der Waals surface area contributed by atoms with E-state index in [1.54, 1.807) is 13.8 Å². The van der Waals surface area contributed by atoms with E-state index in [0.717, 1.165) is 43.5 Å². The highest BCUT2D eigenvalue weighted by molar-refractivity contribution is 6.01. The predicted octanol–water partition coefficient (Wildman–Crippen LogP) is 2.67. The lowest BCUT2D eigenvalue weighted by atomic mass is 10.0. The van der Waals surface area contributed by atoms with E-state index in [0.29, 0.717) is 5.69 Å². The lowest BCUT2D eigenvalue weighted by Gasteiger charge is -2.30. The number of nitrogens with zero attached hydrogens (tertiary/aromatic N) is 1. The first-order chi connectivity index (χ1) is 12.3. The lowest BCUT2D eigenvalue weighted by Crippen LogP contribution is -2.36. The van der Waals surface area contributed by atoms with Crippen LogP contribution in [0, 0.1) is 23.2 Å². The maximum atomic E-state index is 12.6. The first-order valence-corrected chi connectivity index (χ1v) is 9.28. The van der Waals surface area contributed by atoms with Gasteiger partial charge in [0.05, 0.1) is 11.8 Å². The maximum absolute atomic E-state index is 12.6. The molecule has 0 unspecified atom stereocenters. The summed E-state index contributed by atoms with van der Waals surface area (Å²) >= 11 is 0. The van der Waals surface area contributed by atoms with Gasteiger partial charge in [-0.15, -0.1) is 0 Å². The molecule has 0 saturated heterocycles. The summed E-state index contributed by atoms with van der Waals surface area (Å²) in [6.45, 7) is 4.33. The van der Waals surface area contributed by atoms with Gasteiger partial charge >= 0.3 is 5.97 Å². The molecular weight excluding hydrogens is 332 g/mol. The number of carboxylic acid groups (broad SMARTS) is 1. The molecule has 1 aliphatic heterocycles. The van der Waals surface area contributed by atoms with Crippen molar-refractivity contribution < 1.29 is 19.5 Å². The van der Waals surface area contributed by atoms with E-state index < -0.39 is 23.2 Å². The minimum atomic E-state index is -0.929. The van der Waals surface area contributed by atoms with Gasteiger partial charge in [-0.05, 0) is 48.8 Å². The summed E-state index contributed by atoms with van der Waals surface area (Å²) in [4.78, 5) is 38.3. The van der Waals surface area contributed by atoms with Crippen molar-refractivity contribution in [3.63, 3.8) is 0 Å². The Balaban J connectivity index is 1.53. The highest BCUT2D eigenvalue weighted by Crippen LogP contribution is 2.58. The van der Waals surface area contributed by atoms with Crippen molar-refractivity contribution in [2.45, 2.75) is 39.5 Å². The summed E-state index contributed by atoms with van der Waals surface area (Å²) < 4.78 is 0. The van der Waals surface area contributed by atoms with E-state index in [1.807, 2.05) is 23.1 Å². The second-order valence-corrected chi connectivity index (χ2v) is 8.32. The molecule has 6 heteroatoms. The summed E-state index contributed by atoms with van der Waals surface area (Å²) in [6.07, 6.45) is 3.81. The van der Waals surface area contributed by atoms with Crippen molar-refractivity contribution in [1.29, 1.82) is 0 Å². The zero-order valence-corrected chi connectivity index (χ0v) is 15.1. The molecule has 1 aromatic carbocycles. The van der Waals surface area contributed by atoms with Gasteiger partial charge in [-0.2, -0.15) is 0 Å². The fourth-order valence-electron chi connectivity index (χ4n) is 4.24. The average Bonchev–Trinajstić information content (AvgIpc) is 3.49. The van der Waals surface area contributed by atoms with Crippen LogP contribution in [0.15, 0.2) is 18.2 Å². The Labute approximate surface area is 152 Å². The van der Waals surface area contributed by atoms with Crippen LogP contribution >= 0.6 is 0 Å². The molecule has 138 valence electrons. The van der Waals surface area contributed by atoms with Gasteiger partial charge in [0.25, 0.3) is 0 Å². The quantitative estimate of drug-likeness (QED) is 0.868. The van der Waals surface area contributed by atoms with Crippen molar-refractivity contribution in [1.82, 2.24) is 0 Å². The van der Waals surface area contributed by atoms with Crippen LogP contribution in [-0.4, -0.2) is 29.4 Å². The van der Waals surface area contributed by atoms with E-state index in [1.165, 1.54) is 0 Å². The number of aryl methyl sites for hydroxylation is 1. The Hall–Kier alpha value is -2.37. The van der Waals surface area contributed by atoms with Crippen LogP contribution in [0.1, 0.15) is 38.7 Å². The number of nitrogens with one attached hydrogen (secondary N) is 1. The smallest absolute Gasteiger partial charge is 0.307 e. The summed E-state index contributed by atoms with van der Waals surface area (Å²) in [5, 5.41) is 12.1. The second kappa shape index (κ2) is 5.83. The fraction of sp³-hybridized carbons (Fsp3) is 0.550. The number of rotatable bonds is 4. The molecule has 2 saturated carbocycles. The molecule has 3 aliphatic rings. The van der Waals surface area contributed by atoms with Crippen molar-refractivity contribution in [3.05, 3.63) is 23.8 Å². The number of carboxylic acids is 1. The molecule has 1 aromatic rings. The van der Waals surface area contributed by atoms with Crippen LogP contribution in [0.3, 0.4) is 0 Å². The molecule has 1 heterocycles. The molecule has 0 aromatic heterocycles. The van der Waals surface area contributed by atoms with E-state index >= 15 is 0 Å². The number of aliphatic carboxylic acids is 1. The lowest BCUT2D eigenvalue weighted by molar-refractivity contribution is -0.140. The Kier molecular flexibility index (Phi) is 3.82. The second-order valence-electron chi connectivity index (χ2n) is 8.32. The number of amides is 2. The Morgan fingerprint density at radius 1 is 1.19 bits per heavy atom. The van der Waals surface area contributed by atoms with Crippen LogP contribution in [0.4, 0.5) is 11.4 Å². The molecule has 26 heavy (non-hydrogen) atoms. The topological polar surface area (TPSA) is 86.7 Å². The first kappa shape index (κ1) is 17.1. The third kappa shape index (κ3) is 2.77. The molecule has 2 amide bonds. The summed E-state index contributed by atoms with van der Waals surface area (Å²) in [5.74, 6) is -2.03. The minimum absolute atomic E-state index is 0.155. The molecule has 6 nitrogen and oxygen atoms in total. The molecule has 0 radical (unpaired) electrons. The van der Waals surface area contributed by atoms with Crippen LogP contribution in [0.5, 0.6) is 0 Å². The normalized spacial score (nSPS) is 26.0. The zero-order valence-electron chi connectivity index (χ0n) is 15.1. The van der Waals surface area contributed by atoms with Gasteiger partial charge in [-0.3, -0.25) is 14.4 Å². The van der Waals surface area contributed by atoms with Gasteiger partial charge in [-0.1, -0.05) is 19.9 Å². The van der Waals surface area contributed by atoms with Crippen molar-refractivity contribution >= 4 is 29.2 Å². The third-order valence-corrected chi connectivity index (χ3v) is 6.04. The van der Waals surface area contributed by atoms with Crippen molar-refractivity contribution in [3.8, 4) is 0 Å². The SMILES string of the molecule is CC1(C)[C@H](C(=O)Nc2ccc3c(c2)N(C(=O)C2CC2)CCC3)[C@@H]1C(=O)O. The van der Waals surface area contributed by atoms with Crippen molar-refractivity contribution in [2.24, 2.45) is 23.2 Å². The molecule has 4 rings (SSSR count). The van der Waals surface area contributed by atoms with Gasteiger partial charge in [0.15, 0.2) is 0 Å². The fourth-order valence-corrected chi connectivity index (χ4v) is 4.24. The van der Waals surface area contributed by atoms with Gasteiger partial charge in [-0.25, -0.2) is 0 Å². The third-order valence-electron chi connectivity index (χ3n) is 6.04. The van der Waals surface area contributed by atoms with Gasteiger partial charge in [0.2, 0.25) is 11.8 Å². The number of hydrogen-bond donors (Lipinski definition) is 2. The average molecular weight is 356 g/mol. The minimum Gasteiger partial charge on any atom is -0.481 e. The van der Waals surface area contributed by atoms with Crippen LogP contribution in [0.2, 0.25) is 0 Å². The largest absolute Gasteiger partial charge is 0.481 e. The Morgan fingerprint density at radius 3 is 2.54 bits per heavy atom. The number of hydrogen-bond acceptors (Lipinski definition) is 3. The van der Waals surface area contributed by atoms with Crippen LogP contribution < -0.4 is 10.2 Å². The maximum Gasteiger partial charge on any atom is 0.307 e. The standard InChI is InChI=1S/C20H24N2O4/c1-20(2)15(16(20)19(25)26)17(23)21-13-8-7-11-4-3-9-22(14(11)10-13)18(24)12-5-6-12/h7-8,10,12,15-16H,3-6,9H2,1-2H3,(H,21,23)(H,25,26)/t15-,16+/m0/s1. The predicted molar refractivity (Wildman–Crippen MR) is 96.9 cm³/mol. The Morgan fingerprint density at radius 2 is 1.92 bits per heavy atom. The van der Waals surface area contributed by atoms with E-state index in [9.17, 15) is 19.5 Å². The van der Waals surface area contributed by atoms with E-state index in [2.05, 4.69) is 5.32 Å². The number of anilines is 2. The molecule has 0 bridgehead atoms. The molecule has 2 atom stereocenters. The highest BCUT2D eigenvalue weighted by atomic mass is 16.4. The van der Waals surface area contributed by atoms with Crippen LogP contribution in [-0.2, 0) is 20.8 Å². The molecule has 0 spiro atoms. The monoisotopic (exact) mass is 356 g/mol.